The number of hydrogen-bond donors (Lipinski definition) is 2. The molecule has 0 saturated carbocycles. The molecule has 1 aromatic rings. The van der Waals surface area contributed by atoms with Gasteiger partial charge in [0.2, 0.25) is 5.91 Å². The van der Waals surface area contributed by atoms with E-state index in [4.69, 9.17) is 5.73 Å². The lowest BCUT2D eigenvalue weighted by atomic mass is 10.1. The van der Waals surface area contributed by atoms with Crippen molar-refractivity contribution in [3.63, 3.8) is 0 Å². The minimum absolute atomic E-state index is 0.0885. The number of amides is 1. The molecule has 0 aromatic heterocycles. The van der Waals surface area contributed by atoms with E-state index >= 15 is 0 Å². The predicted molar refractivity (Wildman–Crippen MR) is 72.3 cm³/mol. The Morgan fingerprint density at radius 1 is 1.29 bits per heavy atom. The van der Waals surface area contributed by atoms with E-state index in [2.05, 4.69) is 19.2 Å². The smallest absolute Gasteiger partial charge is 0.244 e. The third kappa shape index (κ3) is 4.31. The van der Waals surface area contributed by atoms with Crippen molar-refractivity contribution < 1.29 is 4.79 Å². The Labute approximate surface area is 103 Å². The number of nitrogens with one attached hydrogen (secondary N) is 1. The molecule has 92 valence electrons. The number of rotatable bonds is 4. The highest BCUT2D eigenvalue weighted by Crippen LogP contribution is 2.11. The summed E-state index contributed by atoms with van der Waals surface area (Å²) in [6.07, 6.45) is 3.25. The first-order chi connectivity index (χ1) is 8.00. The van der Waals surface area contributed by atoms with E-state index in [1.54, 1.807) is 6.08 Å². The summed E-state index contributed by atoms with van der Waals surface area (Å²) in [4.78, 5) is 11.6. The van der Waals surface area contributed by atoms with E-state index in [1.165, 1.54) is 6.08 Å². The summed E-state index contributed by atoms with van der Waals surface area (Å²) < 4.78 is 0. The van der Waals surface area contributed by atoms with Gasteiger partial charge in [0.1, 0.15) is 0 Å². The van der Waals surface area contributed by atoms with Crippen molar-refractivity contribution in [3.05, 3.63) is 35.9 Å². The number of nitrogen functional groups attached to an aromatic ring is 1. The van der Waals surface area contributed by atoms with E-state index in [0.29, 0.717) is 11.6 Å². The highest BCUT2D eigenvalue weighted by molar-refractivity contribution is 5.92. The maximum Gasteiger partial charge on any atom is 0.244 e. The number of carbonyl (C=O) groups excluding carboxylic acids is 1. The Morgan fingerprint density at radius 2 is 1.94 bits per heavy atom. The van der Waals surface area contributed by atoms with E-state index in [0.717, 1.165) is 5.56 Å². The van der Waals surface area contributed by atoms with Crippen molar-refractivity contribution >= 4 is 17.7 Å². The van der Waals surface area contributed by atoms with Crippen LogP contribution in [-0.2, 0) is 4.79 Å². The van der Waals surface area contributed by atoms with E-state index in [9.17, 15) is 4.79 Å². The molecule has 0 aliphatic heterocycles. The van der Waals surface area contributed by atoms with Crippen LogP contribution >= 0.6 is 0 Å². The molecule has 0 aliphatic rings. The largest absolute Gasteiger partial charge is 0.398 e. The number of nitrogens with two attached hydrogens (primary N) is 1. The summed E-state index contributed by atoms with van der Waals surface area (Å²) in [6, 6.07) is 7.62. The molecule has 17 heavy (non-hydrogen) atoms. The molecule has 0 heterocycles. The standard InChI is InChI=1S/C14H20N2O/c1-10(2)11(3)16-14(17)9-8-12-6-4-5-7-13(12)15/h4-11H,15H2,1-3H3,(H,16,17)/b9-8+/t11-/m0/s1. The lowest BCUT2D eigenvalue weighted by Crippen LogP contribution is -2.34. The first kappa shape index (κ1) is 13.3. The molecule has 0 spiro atoms. The summed E-state index contributed by atoms with van der Waals surface area (Å²) in [6.45, 7) is 6.14. The van der Waals surface area contributed by atoms with Crippen LogP contribution in [-0.4, -0.2) is 11.9 Å². The predicted octanol–water partition coefficient (Wildman–Crippen LogP) is 2.44. The fourth-order valence-electron chi connectivity index (χ4n) is 1.27. The van der Waals surface area contributed by atoms with Crippen LogP contribution in [0.4, 0.5) is 5.69 Å². The monoisotopic (exact) mass is 232 g/mol. The molecular formula is C14H20N2O. The zero-order valence-corrected chi connectivity index (χ0v) is 10.6. The van der Waals surface area contributed by atoms with Gasteiger partial charge in [-0.15, -0.1) is 0 Å². The maximum atomic E-state index is 11.6. The summed E-state index contributed by atoms with van der Waals surface area (Å²) in [5.74, 6) is 0.337. The molecule has 1 amide bonds. The molecule has 3 nitrogen and oxygen atoms in total. The Hall–Kier alpha value is -1.77. The van der Waals surface area contributed by atoms with Gasteiger partial charge >= 0.3 is 0 Å². The molecule has 0 aliphatic carbocycles. The van der Waals surface area contributed by atoms with Crippen molar-refractivity contribution in [2.75, 3.05) is 5.73 Å². The van der Waals surface area contributed by atoms with Gasteiger partial charge in [0.25, 0.3) is 0 Å². The molecule has 3 N–H and O–H groups in total. The van der Waals surface area contributed by atoms with Gasteiger partial charge in [-0.2, -0.15) is 0 Å². The van der Waals surface area contributed by atoms with Gasteiger partial charge in [-0.25, -0.2) is 0 Å². The SMILES string of the molecule is CC(C)[C@H](C)NC(=O)/C=C/c1ccccc1N. The van der Waals surface area contributed by atoms with Crippen molar-refractivity contribution in [3.8, 4) is 0 Å². The number of carbonyl (C=O) groups is 1. The van der Waals surface area contributed by atoms with Gasteiger partial charge in [-0.05, 0) is 30.5 Å². The molecule has 0 fully saturated rings. The summed E-state index contributed by atoms with van der Waals surface area (Å²) in [5, 5.41) is 2.90. The maximum absolute atomic E-state index is 11.6. The Kier molecular flexibility index (Phi) is 4.76. The minimum Gasteiger partial charge on any atom is -0.398 e. The minimum atomic E-state index is -0.0885. The van der Waals surface area contributed by atoms with Crippen molar-refractivity contribution in [1.82, 2.24) is 5.32 Å². The van der Waals surface area contributed by atoms with Crippen molar-refractivity contribution in [2.45, 2.75) is 26.8 Å². The van der Waals surface area contributed by atoms with Crippen LogP contribution in [0, 0.1) is 5.92 Å². The average Bonchev–Trinajstić information content (AvgIpc) is 2.27. The zero-order valence-electron chi connectivity index (χ0n) is 10.6. The Balaban J connectivity index is 2.60. The van der Waals surface area contributed by atoms with Crippen molar-refractivity contribution in [1.29, 1.82) is 0 Å². The van der Waals surface area contributed by atoms with Crippen LogP contribution in [0.3, 0.4) is 0 Å². The Morgan fingerprint density at radius 3 is 2.53 bits per heavy atom. The zero-order chi connectivity index (χ0) is 12.8. The van der Waals surface area contributed by atoms with Crippen LogP contribution in [0.25, 0.3) is 6.08 Å². The first-order valence-electron chi connectivity index (χ1n) is 5.83. The summed E-state index contributed by atoms with van der Waals surface area (Å²) in [7, 11) is 0. The lowest BCUT2D eigenvalue weighted by Gasteiger charge is -2.15. The topological polar surface area (TPSA) is 55.1 Å². The number of hydrogen-bond acceptors (Lipinski definition) is 2. The van der Waals surface area contributed by atoms with Crippen LogP contribution in [0.5, 0.6) is 0 Å². The quantitative estimate of drug-likeness (QED) is 0.619. The van der Waals surface area contributed by atoms with E-state index < -0.39 is 0 Å². The second-order valence-electron chi connectivity index (χ2n) is 4.50. The normalized spacial score (nSPS) is 12.9. The highest BCUT2D eigenvalue weighted by Gasteiger charge is 2.08. The summed E-state index contributed by atoms with van der Waals surface area (Å²) >= 11 is 0. The second-order valence-corrected chi connectivity index (χ2v) is 4.50. The molecule has 0 saturated heterocycles. The Bertz CT molecular complexity index is 410. The van der Waals surface area contributed by atoms with Gasteiger partial charge in [0.15, 0.2) is 0 Å². The highest BCUT2D eigenvalue weighted by atomic mass is 16.1. The van der Waals surface area contributed by atoms with E-state index in [-0.39, 0.29) is 11.9 Å². The van der Waals surface area contributed by atoms with Crippen LogP contribution in [0.15, 0.2) is 30.3 Å². The molecule has 1 atom stereocenters. The van der Waals surface area contributed by atoms with Gasteiger partial charge < -0.3 is 11.1 Å². The number of benzene rings is 1. The molecule has 1 rings (SSSR count). The van der Waals surface area contributed by atoms with E-state index in [1.807, 2.05) is 31.2 Å². The number of para-hydroxylation sites is 1. The number of anilines is 1. The molecular weight excluding hydrogens is 212 g/mol. The third-order valence-corrected chi connectivity index (χ3v) is 2.78. The molecule has 1 aromatic carbocycles. The van der Waals surface area contributed by atoms with Crippen LogP contribution in [0.2, 0.25) is 0 Å². The lowest BCUT2D eigenvalue weighted by molar-refractivity contribution is -0.117. The summed E-state index contributed by atoms with van der Waals surface area (Å²) in [5.41, 5.74) is 7.31. The molecule has 3 heteroatoms. The third-order valence-electron chi connectivity index (χ3n) is 2.78. The van der Waals surface area contributed by atoms with Crippen LogP contribution < -0.4 is 11.1 Å². The average molecular weight is 232 g/mol. The molecule has 0 radical (unpaired) electrons. The van der Waals surface area contributed by atoms with Crippen LogP contribution in [0.1, 0.15) is 26.3 Å². The van der Waals surface area contributed by atoms with Gasteiger partial charge in [-0.3, -0.25) is 4.79 Å². The van der Waals surface area contributed by atoms with Gasteiger partial charge in [0.05, 0.1) is 0 Å². The van der Waals surface area contributed by atoms with Crippen molar-refractivity contribution in [2.24, 2.45) is 5.92 Å². The van der Waals surface area contributed by atoms with Gasteiger partial charge in [0, 0.05) is 17.8 Å². The fourth-order valence-corrected chi connectivity index (χ4v) is 1.27. The van der Waals surface area contributed by atoms with Gasteiger partial charge in [-0.1, -0.05) is 32.0 Å². The molecule has 0 bridgehead atoms. The second kappa shape index (κ2) is 6.09. The molecule has 0 unspecified atom stereocenters. The fraction of sp³-hybridized carbons (Fsp3) is 0.357. The first-order valence-corrected chi connectivity index (χ1v) is 5.83.